The molecule has 19 heavy (non-hydrogen) atoms. The molecule has 5 nitrogen and oxygen atoms in total. The molecule has 1 saturated carbocycles. The van der Waals surface area contributed by atoms with E-state index in [1.54, 1.807) is 0 Å². The van der Waals surface area contributed by atoms with Gasteiger partial charge in [-0.25, -0.2) is 4.79 Å². The van der Waals surface area contributed by atoms with E-state index in [1.807, 2.05) is 0 Å². The lowest BCUT2D eigenvalue weighted by Crippen LogP contribution is -2.29. The summed E-state index contributed by atoms with van der Waals surface area (Å²) in [6, 6.07) is 3.02. The summed E-state index contributed by atoms with van der Waals surface area (Å²) in [6.07, 6.45) is 1.88. The highest BCUT2D eigenvalue weighted by atomic mass is 35.5. The number of methoxy groups -OCH3 is 2. The van der Waals surface area contributed by atoms with Gasteiger partial charge in [-0.1, -0.05) is 11.6 Å². The largest absolute Gasteiger partial charge is 0.493 e. The van der Waals surface area contributed by atoms with Gasteiger partial charge >= 0.3 is 5.97 Å². The summed E-state index contributed by atoms with van der Waals surface area (Å²) in [5.41, 5.74) is 6.01. The highest BCUT2D eigenvalue weighted by Gasteiger charge is 2.39. The molecular formula is C13H16ClNO4. The van der Waals surface area contributed by atoms with Gasteiger partial charge in [-0.3, -0.25) is 0 Å². The normalized spacial score (nSPS) is 15.8. The summed E-state index contributed by atoms with van der Waals surface area (Å²) in [4.78, 5) is 11.5. The van der Waals surface area contributed by atoms with Crippen LogP contribution >= 0.6 is 11.6 Å². The van der Waals surface area contributed by atoms with E-state index >= 15 is 0 Å². The van der Waals surface area contributed by atoms with Crippen LogP contribution in [0.1, 0.15) is 23.2 Å². The molecule has 1 aliphatic rings. The van der Waals surface area contributed by atoms with Gasteiger partial charge in [0.2, 0.25) is 0 Å². The standard InChI is InChI=1S/C13H16ClNO4/c1-17-10-6-8(12(16)18-2)5-9(14)11(10)19-7-13(15)3-4-13/h5-6H,3-4,7,15H2,1-2H3. The van der Waals surface area contributed by atoms with E-state index in [4.69, 9.17) is 26.8 Å². The summed E-state index contributed by atoms with van der Waals surface area (Å²) in [5.74, 6) is 0.301. The first-order valence-corrected chi connectivity index (χ1v) is 6.24. The number of nitrogens with two attached hydrogens (primary N) is 1. The van der Waals surface area contributed by atoms with Crippen LogP contribution in [0, 0.1) is 0 Å². The smallest absolute Gasteiger partial charge is 0.338 e. The fourth-order valence-electron chi connectivity index (χ4n) is 1.62. The third-order valence-corrected chi connectivity index (χ3v) is 3.33. The number of ether oxygens (including phenoxy) is 3. The Morgan fingerprint density at radius 3 is 2.63 bits per heavy atom. The molecule has 0 bridgehead atoms. The molecule has 0 amide bonds. The molecule has 1 aromatic carbocycles. The summed E-state index contributed by atoms with van der Waals surface area (Å²) in [6.45, 7) is 0.376. The van der Waals surface area contributed by atoms with E-state index in [0.717, 1.165) is 12.8 Å². The molecule has 0 spiro atoms. The van der Waals surface area contributed by atoms with Gasteiger partial charge in [0.15, 0.2) is 11.5 Å². The lowest BCUT2D eigenvalue weighted by atomic mass is 10.2. The van der Waals surface area contributed by atoms with Crippen LogP contribution in [0.5, 0.6) is 11.5 Å². The Balaban J connectivity index is 2.24. The zero-order chi connectivity index (χ0) is 14.0. The van der Waals surface area contributed by atoms with Crippen LogP contribution in [0.4, 0.5) is 0 Å². The van der Waals surface area contributed by atoms with E-state index < -0.39 is 5.97 Å². The lowest BCUT2D eigenvalue weighted by molar-refractivity contribution is 0.0600. The number of rotatable bonds is 5. The van der Waals surface area contributed by atoms with Gasteiger partial charge in [-0.2, -0.15) is 0 Å². The Morgan fingerprint density at radius 2 is 2.11 bits per heavy atom. The second-order valence-corrected chi connectivity index (χ2v) is 5.04. The zero-order valence-electron chi connectivity index (χ0n) is 10.9. The van der Waals surface area contributed by atoms with Crippen LogP contribution in [0.15, 0.2) is 12.1 Å². The fourth-order valence-corrected chi connectivity index (χ4v) is 1.88. The molecule has 2 rings (SSSR count). The van der Waals surface area contributed by atoms with Crippen molar-refractivity contribution in [2.75, 3.05) is 20.8 Å². The van der Waals surface area contributed by atoms with Gasteiger partial charge in [-0.15, -0.1) is 0 Å². The monoisotopic (exact) mass is 285 g/mol. The van der Waals surface area contributed by atoms with E-state index in [-0.39, 0.29) is 5.54 Å². The minimum atomic E-state index is -0.482. The first-order chi connectivity index (χ1) is 8.99. The molecule has 0 saturated heterocycles. The van der Waals surface area contributed by atoms with Crippen molar-refractivity contribution >= 4 is 17.6 Å². The molecular weight excluding hydrogens is 270 g/mol. The molecule has 6 heteroatoms. The molecule has 0 atom stereocenters. The van der Waals surface area contributed by atoms with Crippen LogP contribution < -0.4 is 15.2 Å². The quantitative estimate of drug-likeness (QED) is 0.838. The second-order valence-electron chi connectivity index (χ2n) is 4.63. The number of hydrogen-bond acceptors (Lipinski definition) is 5. The van der Waals surface area contributed by atoms with Crippen LogP contribution in [-0.2, 0) is 4.74 Å². The maximum atomic E-state index is 11.5. The van der Waals surface area contributed by atoms with Crippen molar-refractivity contribution in [2.24, 2.45) is 5.73 Å². The van der Waals surface area contributed by atoms with Crippen LogP contribution in [0.2, 0.25) is 5.02 Å². The average molecular weight is 286 g/mol. The summed E-state index contributed by atoms with van der Waals surface area (Å²) < 4.78 is 15.5. The fraction of sp³-hybridized carbons (Fsp3) is 0.462. The second kappa shape index (κ2) is 5.27. The predicted octanol–water partition coefficient (Wildman–Crippen LogP) is 2.01. The van der Waals surface area contributed by atoms with Crippen LogP contribution in [0.25, 0.3) is 0 Å². The van der Waals surface area contributed by atoms with Crippen molar-refractivity contribution in [3.05, 3.63) is 22.7 Å². The highest BCUT2D eigenvalue weighted by molar-refractivity contribution is 6.32. The van der Waals surface area contributed by atoms with Crippen LogP contribution in [0.3, 0.4) is 0 Å². The maximum Gasteiger partial charge on any atom is 0.338 e. The van der Waals surface area contributed by atoms with Crippen molar-refractivity contribution in [1.82, 2.24) is 0 Å². The number of hydrogen-bond donors (Lipinski definition) is 1. The van der Waals surface area contributed by atoms with Gasteiger partial charge in [0.05, 0.1) is 30.3 Å². The van der Waals surface area contributed by atoms with Crippen molar-refractivity contribution in [1.29, 1.82) is 0 Å². The summed E-state index contributed by atoms with van der Waals surface area (Å²) in [7, 11) is 2.79. The molecule has 1 fully saturated rings. The number of halogens is 1. The molecule has 1 aliphatic carbocycles. The Bertz CT molecular complexity index is 500. The number of carbonyl (C=O) groups excluding carboxylic acids is 1. The molecule has 0 heterocycles. The van der Waals surface area contributed by atoms with Gasteiger partial charge in [0.25, 0.3) is 0 Å². The van der Waals surface area contributed by atoms with Gasteiger partial charge in [0.1, 0.15) is 6.61 Å². The third-order valence-electron chi connectivity index (χ3n) is 3.05. The van der Waals surface area contributed by atoms with E-state index in [9.17, 15) is 4.79 Å². The van der Waals surface area contributed by atoms with Crippen molar-refractivity contribution in [3.63, 3.8) is 0 Å². The third kappa shape index (κ3) is 3.11. The Labute approximate surface area is 116 Å². The number of esters is 1. The number of benzene rings is 1. The molecule has 0 aliphatic heterocycles. The first-order valence-electron chi connectivity index (χ1n) is 5.86. The van der Waals surface area contributed by atoms with Gasteiger partial charge < -0.3 is 19.9 Å². The van der Waals surface area contributed by atoms with E-state index in [2.05, 4.69) is 4.74 Å². The Hall–Kier alpha value is -1.46. The summed E-state index contributed by atoms with van der Waals surface area (Å²) in [5, 5.41) is 0.295. The van der Waals surface area contributed by atoms with E-state index in [1.165, 1.54) is 26.4 Å². The zero-order valence-corrected chi connectivity index (χ0v) is 11.6. The molecule has 0 radical (unpaired) electrons. The maximum absolute atomic E-state index is 11.5. The van der Waals surface area contributed by atoms with Gasteiger partial charge in [0, 0.05) is 0 Å². The highest BCUT2D eigenvalue weighted by Crippen LogP contribution is 2.39. The van der Waals surface area contributed by atoms with Crippen molar-refractivity contribution in [2.45, 2.75) is 18.4 Å². The van der Waals surface area contributed by atoms with Crippen molar-refractivity contribution < 1.29 is 19.0 Å². The van der Waals surface area contributed by atoms with Crippen molar-refractivity contribution in [3.8, 4) is 11.5 Å². The summed E-state index contributed by atoms with van der Waals surface area (Å²) >= 11 is 6.11. The molecule has 0 aromatic heterocycles. The molecule has 104 valence electrons. The van der Waals surface area contributed by atoms with E-state index in [0.29, 0.717) is 28.7 Å². The first kappa shape index (κ1) is 14.0. The molecule has 1 aromatic rings. The minimum absolute atomic E-state index is 0.255. The topological polar surface area (TPSA) is 70.8 Å². The van der Waals surface area contributed by atoms with Crippen LogP contribution in [-0.4, -0.2) is 32.3 Å². The SMILES string of the molecule is COC(=O)c1cc(Cl)c(OCC2(N)CC2)c(OC)c1. The predicted molar refractivity (Wildman–Crippen MR) is 71.0 cm³/mol. The Kier molecular flexibility index (Phi) is 3.87. The number of carbonyl (C=O) groups is 1. The minimum Gasteiger partial charge on any atom is -0.493 e. The Morgan fingerprint density at radius 1 is 1.42 bits per heavy atom. The van der Waals surface area contributed by atoms with Gasteiger partial charge in [-0.05, 0) is 25.0 Å². The lowest BCUT2D eigenvalue weighted by Gasteiger charge is -2.16. The molecule has 2 N–H and O–H groups in total. The molecule has 0 unspecified atom stereocenters. The average Bonchev–Trinajstić information content (AvgIpc) is 3.13.